The number of halogens is 1. The number of carbonyl (C=O) groups is 2. The van der Waals surface area contributed by atoms with Crippen LogP contribution in [0.2, 0.25) is 0 Å². The summed E-state index contributed by atoms with van der Waals surface area (Å²) in [6, 6.07) is 15.0. The summed E-state index contributed by atoms with van der Waals surface area (Å²) in [6.45, 7) is -0.123. The van der Waals surface area contributed by atoms with Gasteiger partial charge in [-0.05, 0) is 36.4 Å². The summed E-state index contributed by atoms with van der Waals surface area (Å²) in [5.41, 5.74) is 1.98. The van der Waals surface area contributed by atoms with Crippen molar-refractivity contribution in [1.82, 2.24) is 24.6 Å². The van der Waals surface area contributed by atoms with Crippen molar-refractivity contribution in [1.29, 1.82) is 0 Å². The number of amides is 2. The number of rotatable bonds is 7. The molecule has 0 aliphatic heterocycles. The van der Waals surface area contributed by atoms with Gasteiger partial charge in [-0.25, -0.2) is 19.0 Å². The van der Waals surface area contributed by atoms with Gasteiger partial charge in [0.2, 0.25) is 11.8 Å². The number of nitrogens with one attached hydrogen (secondary N) is 1. The maximum Gasteiger partial charge on any atom is 0.243 e. The van der Waals surface area contributed by atoms with E-state index in [1.54, 1.807) is 17.9 Å². The van der Waals surface area contributed by atoms with Gasteiger partial charge >= 0.3 is 0 Å². The fourth-order valence-corrected chi connectivity index (χ4v) is 3.88. The van der Waals surface area contributed by atoms with Crippen LogP contribution in [0.4, 0.5) is 10.1 Å². The molecule has 0 aliphatic rings. The standard InChI is InChI=1S/C22H19FN6O2S/c1-28(12-19(30)27-16-9-7-15(23)8-10-16)20(31)13-32-22-18-11-26-29(21(18)24-14-25-22)17-5-3-2-4-6-17/h2-11,14H,12-13H2,1H3,(H,27,30). The number of nitrogens with zero attached hydrogens (tertiary/aromatic N) is 5. The Morgan fingerprint density at radius 3 is 2.59 bits per heavy atom. The Kier molecular flexibility index (Phi) is 6.41. The van der Waals surface area contributed by atoms with Crippen LogP contribution < -0.4 is 5.32 Å². The number of likely N-dealkylation sites (N-methyl/N-ethyl adjacent to an activating group) is 1. The Hall–Kier alpha value is -3.79. The molecule has 0 spiro atoms. The fraction of sp³-hybridized carbons (Fsp3) is 0.136. The van der Waals surface area contributed by atoms with Crippen LogP contribution in [0.3, 0.4) is 0 Å². The van der Waals surface area contributed by atoms with Crippen molar-refractivity contribution in [2.75, 3.05) is 24.7 Å². The summed E-state index contributed by atoms with van der Waals surface area (Å²) in [4.78, 5) is 34.6. The zero-order valence-corrected chi connectivity index (χ0v) is 17.9. The van der Waals surface area contributed by atoms with Crippen LogP contribution in [0.1, 0.15) is 0 Å². The lowest BCUT2D eigenvalue weighted by Gasteiger charge is -2.16. The van der Waals surface area contributed by atoms with Crippen molar-refractivity contribution in [3.05, 3.63) is 72.9 Å². The average molecular weight is 450 g/mol. The number of anilines is 1. The molecule has 2 aromatic heterocycles. The van der Waals surface area contributed by atoms with Crippen molar-refractivity contribution in [2.24, 2.45) is 0 Å². The van der Waals surface area contributed by atoms with Gasteiger partial charge in [-0.15, -0.1) is 0 Å². The number of aromatic nitrogens is 4. The SMILES string of the molecule is CN(CC(=O)Nc1ccc(F)cc1)C(=O)CSc1ncnc2c1cnn2-c1ccccc1. The van der Waals surface area contributed by atoms with E-state index in [2.05, 4.69) is 20.4 Å². The summed E-state index contributed by atoms with van der Waals surface area (Å²) in [5, 5.41) is 8.41. The van der Waals surface area contributed by atoms with E-state index in [-0.39, 0.29) is 29.9 Å². The molecule has 0 saturated carbocycles. The molecule has 8 nitrogen and oxygen atoms in total. The van der Waals surface area contributed by atoms with Gasteiger partial charge in [0.25, 0.3) is 0 Å². The van der Waals surface area contributed by atoms with Gasteiger partial charge in [-0.1, -0.05) is 30.0 Å². The molecule has 10 heteroatoms. The van der Waals surface area contributed by atoms with Gasteiger partial charge < -0.3 is 10.2 Å². The fourth-order valence-electron chi connectivity index (χ4n) is 2.97. The maximum atomic E-state index is 13.0. The normalized spacial score (nSPS) is 10.8. The van der Waals surface area contributed by atoms with Crippen LogP contribution in [0, 0.1) is 5.82 Å². The Morgan fingerprint density at radius 1 is 1.09 bits per heavy atom. The molecule has 32 heavy (non-hydrogen) atoms. The minimum atomic E-state index is -0.388. The molecule has 2 aromatic carbocycles. The summed E-state index contributed by atoms with van der Waals surface area (Å²) in [6.07, 6.45) is 3.12. The van der Waals surface area contributed by atoms with E-state index < -0.39 is 0 Å². The molecular formula is C22H19FN6O2S. The largest absolute Gasteiger partial charge is 0.336 e. The van der Waals surface area contributed by atoms with Crippen LogP contribution >= 0.6 is 11.8 Å². The van der Waals surface area contributed by atoms with E-state index in [0.717, 1.165) is 11.1 Å². The van der Waals surface area contributed by atoms with Crippen LogP contribution in [0.5, 0.6) is 0 Å². The highest BCUT2D eigenvalue weighted by molar-refractivity contribution is 8.00. The monoisotopic (exact) mass is 450 g/mol. The molecule has 0 fully saturated rings. The third-order valence-electron chi connectivity index (χ3n) is 4.60. The smallest absolute Gasteiger partial charge is 0.243 e. The number of benzene rings is 2. The van der Waals surface area contributed by atoms with E-state index in [1.165, 1.54) is 47.3 Å². The van der Waals surface area contributed by atoms with Crippen LogP contribution in [-0.4, -0.2) is 55.8 Å². The second-order valence-corrected chi connectivity index (χ2v) is 7.87. The second kappa shape index (κ2) is 9.56. The van der Waals surface area contributed by atoms with Crippen molar-refractivity contribution >= 4 is 40.3 Å². The first-order chi connectivity index (χ1) is 15.5. The summed E-state index contributed by atoms with van der Waals surface area (Å²) in [5.74, 6) is -0.888. The molecule has 1 N–H and O–H groups in total. The molecule has 0 saturated heterocycles. The quantitative estimate of drug-likeness (QED) is 0.344. The molecule has 4 aromatic rings. The highest BCUT2D eigenvalue weighted by Crippen LogP contribution is 2.25. The minimum absolute atomic E-state index is 0.100. The Labute approximate surface area is 187 Å². The lowest BCUT2D eigenvalue weighted by Crippen LogP contribution is -2.35. The topological polar surface area (TPSA) is 93.0 Å². The lowest BCUT2D eigenvalue weighted by molar-refractivity contribution is -0.131. The van der Waals surface area contributed by atoms with E-state index in [1.807, 2.05) is 30.3 Å². The number of fused-ring (bicyclic) bond motifs is 1. The Balaban J connectivity index is 1.37. The molecular weight excluding hydrogens is 431 g/mol. The Bertz CT molecular complexity index is 1250. The number of hydrogen-bond donors (Lipinski definition) is 1. The minimum Gasteiger partial charge on any atom is -0.336 e. The number of para-hydroxylation sites is 1. The van der Waals surface area contributed by atoms with E-state index in [9.17, 15) is 14.0 Å². The maximum absolute atomic E-state index is 13.0. The average Bonchev–Trinajstić information content (AvgIpc) is 3.24. The lowest BCUT2D eigenvalue weighted by atomic mass is 10.3. The van der Waals surface area contributed by atoms with E-state index in [4.69, 9.17) is 0 Å². The molecule has 0 unspecified atom stereocenters. The summed E-state index contributed by atoms with van der Waals surface area (Å²) < 4.78 is 14.7. The highest BCUT2D eigenvalue weighted by Gasteiger charge is 2.16. The van der Waals surface area contributed by atoms with Gasteiger partial charge in [0.05, 0.1) is 29.6 Å². The number of hydrogen-bond acceptors (Lipinski definition) is 6. The molecule has 2 amide bonds. The molecule has 2 heterocycles. The molecule has 162 valence electrons. The first kappa shape index (κ1) is 21.4. The van der Waals surface area contributed by atoms with Crippen molar-refractivity contribution in [3.8, 4) is 5.69 Å². The molecule has 4 rings (SSSR count). The zero-order valence-electron chi connectivity index (χ0n) is 17.1. The summed E-state index contributed by atoms with van der Waals surface area (Å²) in [7, 11) is 1.55. The predicted molar refractivity (Wildman–Crippen MR) is 120 cm³/mol. The first-order valence-electron chi connectivity index (χ1n) is 9.67. The van der Waals surface area contributed by atoms with Gasteiger partial charge in [-0.2, -0.15) is 5.10 Å². The Morgan fingerprint density at radius 2 is 1.84 bits per heavy atom. The van der Waals surface area contributed by atoms with Crippen LogP contribution in [0.15, 0.2) is 72.1 Å². The predicted octanol–water partition coefficient (Wildman–Crippen LogP) is 3.14. The molecule has 0 bridgehead atoms. The zero-order chi connectivity index (χ0) is 22.5. The van der Waals surface area contributed by atoms with E-state index >= 15 is 0 Å². The molecule has 0 atom stereocenters. The number of carbonyl (C=O) groups excluding carboxylic acids is 2. The van der Waals surface area contributed by atoms with E-state index in [0.29, 0.717) is 16.4 Å². The van der Waals surface area contributed by atoms with Crippen molar-refractivity contribution < 1.29 is 14.0 Å². The van der Waals surface area contributed by atoms with Crippen LogP contribution in [-0.2, 0) is 9.59 Å². The highest BCUT2D eigenvalue weighted by atomic mass is 32.2. The van der Waals surface area contributed by atoms with Crippen molar-refractivity contribution in [3.63, 3.8) is 0 Å². The molecule has 0 radical (unpaired) electrons. The van der Waals surface area contributed by atoms with Gasteiger partial charge in [0.15, 0.2) is 5.65 Å². The first-order valence-corrected chi connectivity index (χ1v) is 10.7. The van der Waals surface area contributed by atoms with Gasteiger partial charge in [-0.3, -0.25) is 9.59 Å². The van der Waals surface area contributed by atoms with Crippen LogP contribution in [0.25, 0.3) is 16.7 Å². The molecule has 0 aliphatic carbocycles. The number of thioether (sulfide) groups is 1. The third kappa shape index (κ3) is 4.92. The van der Waals surface area contributed by atoms with Gasteiger partial charge in [0, 0.05) is 12.7 Å². The second-order valence-electron chi connectivity index (χ2n) is 6.90. The summed E-state index contributed by atoms with van der Waals surface area (Å²) >= 11 is 1.26. The third-order valence-corrected chi connectivity index (χ3v) is 5.59. The van der Waals surface area contributed by atoms with Gasteiger partial charge in [0.1, 0.15) is 17.2 Å². The van der Waals surface area contributed by atoms with Crippen molar-refractivity contribution in [2.45, 2.75) is 5.03 Å².